The molecule has 0 aromatic carbocycles. The number of hydrogen-bond acceptors (Lipinski definition) is 5. The molecule has 0 saturated carbocycles. The van der Waals surface area contributed by atoms with E-state index in [4.69, 9.17) is 0 Å². The van der Waals surface area contributed by atoms with Crippen LogP contribution < -0.4 is 10.6 Å². The molecule has 1 rings (SSSR count). The molecule has 1 heterocycles. The predicted octanol–water partition coefficient (Wildman–Crippen LogP) is 3.13. The van der Waals surface area contributed by atoms with E-state index in [1.807, 2.05) is 13.8 Å². The molecule has 0 aliphatic rings. The van der Waals surface area contributed by atoms with Crippen molar-refractivity contribution in [1.29, 1.82) is 0 Å². The zero-order valence-corrected chi connectivity index (χ0v) is 14.0. The minimum atomic E-state index is -0.317. The number of nitrogens with one attached hydrogen (secondary N) is 2. The Morgan fingerprint density at radius 2 is 1.76 bits per heavy atom. The van der Waals surface area contributed by atoms with Crippen molar-refractivity contribution in [2.24, 2.45) is 0 Å². The summed E-state index contributed by atoms with van der Waals surface area (Å²) in [6.45, 7) is 11.1. The monoisotopic (exact) mass is 294 g/mol. The molecule has 5 heteroatoms. The van der Waals surface area contributed by atoms with E-state index in [1.165, 1.54) is 0 Å². The predicted molar refractivity (Wildman–Crippen MR) is 88.9 cm³/mol. The molecule has 1 aromatic rings. The molecule has 3 N–H and O–H groups in total. The first kappa shape index (κ1) is 17.7. The Hall–Kier alpha value is -1.36. The van der Waals surface area contributed by atoms with Crippen molar-refractivity contribution in [3.8, 4) is 0 Å². The van der Waals surface area contributed by atoms with Gasteiger partial charge in [-0.05, 0) is 40.0 Å². The molecule has 0 fully saturated rings. The van der Waals surface area contributed by atoms with E-state index in [-0.39, 0.29) is 12.1 Å². The lowest BCUT2D eigenvalue weighted by Gasteiger charge is -2.20. The second kappa shape index (κ2) is 8.82. The maximum atomic E-state index is 9.49. The third-order valence-corrected chi connectivity index (χ3v) is 3.29. The van der Waals surface area contributed by atoms with Crippen molar-refractivity contribution in [1.82, 2.24) is 9.97 Å². The fourth-order valence-corrected chi connectivity index (χ4v) is 2.26. The maximum Gasteiger partial charge on any atom is 0.134 e. The number of aliphatic hydroxyl groups excluding tert-OH is 1. The van der Waals surface area contributed by atoms with Gasteiger partial charge in [-0.15, -0.1) is 0 Å². The molecule has 0 spiro atoms. The van der Waals surface area contributed by atoms with Crippen LogP contribution >= 0.6 is 0 Å². The van der Waals surface area contributed by atoms with Crippen LogP contribution in [0.25, 0.3) is 0 Å². The van der Waals surface area contributed by atoms with Crippen LogP contribution in [-0.2, 0) is 6.42 Å². The summed E-state index contributed by atoms with van der Waals surface area (Å²) in [4.78, 5) is 9.25. The molecule has 0 amide bonds. The third kappa shape index (κ3) is 5.87. The second-order valence-electron chi connectivity index (χ2n) is 5.77. The lowest BCUT2D eigenvalue weighted by atomic mass is 10.1. The molecular weight excluding hydrogens is 264 g/mol. The summed E-state index contributed by atoms with van der Waals surface area (Å²) in [7, 11) is 0. The molecular formula is C16H30N4O. The van der Waals surface area contributed by atoms with Gasteiger partial charge < -0.3 is 15.7 Å². The highest BCUT2D eigenvalue weighted by Crippen LogP contribution is 2.22. The van der Waals surface area contributed by atoms with Gasteiger partial charge in [-0.25, -0.2) is 9.97 Å². The summed E-state index contributed by atoms with van der Waals surface area (Å²) in [5.41, 5.74) is 1.04. The van der Waals surface area contributed by atoms with Gasteiger partial charge in [0.2, 0.25) is 0 Å². The van der Waals surface area contributed by atoms with E-state index < -0.39 is 0 Å². The topological polar surface area (TPSA) is 70.1 Å². The quantitative estimate of drug-likeness (QED) is 0.653. The summed E-state index contributed by atoms with van der Waals surface area (Å²) >= 11 is 0. The number of aliphatic hydroxyl groups is 1. The number of nitrogens with zero attached hydrogens (tertiary/aromatic N) is 2. The highest BCUT2D eigenvalue weighted by atomic mass is 16.3. The first-order valence-corrected chi connectivity index (χ1v) is 8.03. The van der Waals surface area contributed by atoms with Crippen molar-refractivity contribution in [3.63, 3.8) is 0 Å². The lowest BCUT2D eigenvalue weighted by Crippen LogP contribution is -2.23. The molecule has 1 aromatic heterocycles. The second-order valence-corrected chi connectivity index (χ2v) is 5.77. The van der Waals surface area contributed by atoms with Crippen LogP contribution in [0.2, 0.25) is 0 Å². The van der Waals surface area contributed by atoms with Gasteiger partial charge in [0.15, 0.2) is 0 Å². The molecule has 0 bridgehead atoms. The summed E-state index contributed by atoms with van der Waals surface area (Å²) < 4.78 is 0. The van der Waals surface area contributed by atoms with E-state index in [0.29, 0.717) is 6.42 Å². The Kier molecular flexibility index (Phi) is 7.43. The summed E-state index contributed by atoms with van der Waals surface area (Å²) in [5.74, 6) is 2.66. The van der Waals surface area contributed by atoms with Crippen molar-refractivity contribution in [2.45, 2.75) is 72.4 Å². The average Bonchev–Trinajstić information content (AvgIpc) is 2.40. The van der Waals surface area contributed by atoms with Crippen molar-refractivity contribution in [2.75, 3.05) is 17.2 Å². The Morgan fingerprint density at radius 1 is 1.10 bits per heavy atom. The molecule has 0 saturated heterocycles. The van der Waals surface area contributed by atoms with E-state index in [9.17, 15) is 5.11 Å². The van der Waals surface area contributed by atoms with Crippen molar-refractivity contribution in [3.05, 3.63) is 11.4 Å². The molecule has 0 aliphatic heterocycles. The standard InChI is InChI=1S/C16H30N4O/c1-6-8-14-19-15(17-9-7-2)13(5)16(20-14)18-11(3)10-12(4)21/h11-12,21H,6-10H2,1-5H3,(H2,17,18,19,20). The molecule has 21 heavy (non-hydrogen) atoms. The van der Waals surface area contributed by atoms with Crippen molar-refractivity contribution >= 4 is 11.6 Å². The van der Waals surface area contributed by atoms with Crippen LogP contribution in [0, 0.1) is 6.92 Å². The van der Waals surface area contributed by atoms with Gasteiger partial charge in [0.25, 0.3) is 0 Å². The van der Waals surface area contributed by atoms with Crippen LogP contribution in [0.1, 0.15) is 58.3 Å². The normalized spacial score (nSPS) is 13.8. The lowest BCUT2D eigenvalue weighted by molar-refractivity contribution is 0.179. The van der Waals surface area contributed by atoms with Gasteiger partial charge in [0.05, 0.1) is 6.10 Å². The number of hydrogen-bond donors (Lipinski definition) is 3. The van der Waals surface area contributed by atoms with E-state index in [0.717, 1.165) is 48.8 Å². The molecule has 2 unspecified atom stereocenters. The number of aromatic nitrogens is 2. The zero-order valence-electron chi connectivity index (χ0n) is 14.0. The van der Waals surface area contributed by atoms with Crippen molar-refractivity contribution < 1.29 is 5.11 Å². The molecule has 0 radical (unpaired) electrons. The summed E-state index contributed by atoms with van der Waals surface area (Å²) in [6, 6.07) is 0.173. The van der Waals surface area contributed by atoms with Gasteiger partial charge in [0, 0.05) is 24.6 Å². The smallest absolute Gasteiger partial charge is 0.134 e. The Morgan fingerprint density at radius 3 is 2.33 bits per heavy atom. The van der Waals surface area contributed by atoms with Gasteiger partial charge in [0.1, 0.15) is 17.5 Å². The first-order valence-electron chi connectivity index (χ1n) is 8.03. The van der Waals surface area contributed by atoms with Crippen LogP contribution in [0.3, 0.4) is 0 Å². The Labute approximate surface area is 128 Å². The molecule has 120 valence electrons. The van der Waals surface area contributed by atoms with Gasteiger partial charge in [-0.1, -0.05) is 13.8 Å². The highest BCUT2D eigenvalue weighted by molar-refractivity contribution is 5.57. The van der Waals surface area contributed by atoms with Crippen LogP contribution in [0.4, 0.5) is 11.6 Å². The van der Waals surface area contributed by atoms with Crippen LogP contribution in [0.5, 0.6) is 0 Å². The fraction of sp³-hybridized carbons (Fsp3) is 0.750. The van der Waals surface area contributed by atoms with Gasteiger partial charge >= 0.3 is 0 Å². The van der Waals surface area contributed by atoms with Crippen LogP contribution in [-0.4, -0.2) is 33.8 Å². The number of anilines is 2. The Balaban J connectivity index is 2.96. The van der Waals surface area contributed by atoms with E-state index in [2.05, 4.69) is 41.4 Å². The Bertz CT molecular complexity index is 435. The molecule has 0 aliphatic carbocycles. The third-order valence-electron chi connectivity index (χ3n) is 3.29. The average molecular weight is 294 g/mol. The fourth-order valence-electron chi connectivity index (χ4n) is 2.26. The minimum Gasteiger partial charge on any atom is -0.393 e. The minimum absolute atomic E-state index is 0.173. The molecule has 2 atom stereocenters. The largest absolute Gasteiger partial charge is 0.393 e. The number of aryl methyl sites for hydroxylation is 1. The highest BCUT2D eigenvalue weighted by Gasteiger charge is 2.13. The molecule has 5 nitrogen and oxygen atoms in total. The zero-order chi connectivity index (χ0) is 15.8. The van der Waals surface area contributed by atoms with Crippen LogP contribution in [0.15, 0.2) is 0 Å². The summed E-state index contributed by atoms with van der Waals surface area (Å²) in [5, 5.41) is 16.3. The summed E-state index contributed by atoms with van der Waals surface area (Å²) in [6.07, 6.45) is 3.35. The van der Waals surface area contributed by atoms with Gasteiger partial charge in [-0.3, -0.25) is 0 Å². The van der Waals surface area contributed by atoms with E-state index >= 15 is 0 Å². The van der Waals surface area contributed by atoms with E-state index in [1.54, 1.807) is 0 Å². The maximum absolute atomic E-state index is 9.49. The number of rotatable bonds is 9. The van der Waals surface area contributed by atoms with Gasteiger partial charge in [-0.2, -0.15) is 0 Å². The SMILES string of the molecule is CCCNc1nc(CCC)nc(NC(C)CC(C)O)c1C. The first-order chi connectivity index (χ1) is 9.97.